The van der Waals surface area contributed by atoms with Crippen LogP contribution in [0, 0.1) is 6.92 Å². The quantitative estimate of drug-likeness (QED) is 0.695. The first-order valence-corrected chi connectivity index (χ1v) is 11.4. The van der Waals surface area contributed by atoms with Gasteiger partial charge in [0.15, 0.2) is 0 Å². The number of hydrogen-bond donors (Lipinski definition) is 1. The maximum Gasteiger partial charge on any atom is 0.410 e. The Balaban J connectivity index is 1.63. The molecule has 1 fully saturated rings. The van der Waals surface area contributed by atoms with Crippen molar-refractivity contribution in [3.05, 3.63) is 40.5 Å². The van der Waals surface area contributed by atoms with E-state index in [1.54, 1.807) is 27.0 Å². The molecule has 9 nitrogen and oxygen atoms in total. The number of halogens is 1. The maximum atomic E-state index is 13.8. The van der Waals surface area contributed by atoms with Crippen LogP contribution in [0.4, 0.5) is 27.0 Å². The molecule has 0 atom stereocenters. The van der Waals surface area contributed by atoms with Crippen molar-refractivity contribution in [2.24, 2.45) is 0 Å². The second-order valence-corrected chi connectivity index (χ2v) is 9.83. The van der Waals surface area contributed by atoms with Gasteiger partial charge in [-0.1, -0.05) is 23.7 Å². The van der Waals surface area contributed by atoms with Crippen molar-refractivity contribution in [2.75, 3.05) is 28.6 Å². The van der Waals surface area contributed by atoms with E-state index in [0.29, 0.717) is 49.0 Å². The summed E-state index contributed by atoms with van der Waals surface area (Å²) in [4.78, 5) is 39.8. The Bertz CT molecular complexity index is 1060. The van der Waals surface area contributed by atoms with Crippen molar-refractivity contribution in [3.8, 4) is 0 Å². The molecular formula is C23H29ClN6O3. The van der Waals surface area contributed by atoms with Crippen molar-refractivity contribution in [1.29, 1.82) is 0 Å². The van der Waals surface area contributed by atoms with E-state index in [4.69, 9.17) is 22.1 Å². The van der Waals surface area contributed by atoms with Crippen LogP contribution in [-0.2, 0) is 11.3 Å². The summed E-state index contributed by atoms with van der Waals surface area (Å²) in [5.74, 6) is 0.629. The zero-order valence-corrected chi connectivity index (χ0v) is 20.1. The van der Waals surface area contributed by atoms with Crippen molar-refractivity contribution in [1.82, 2.24) is 14.9 Å². The summed E-state index contributed by atoms with van der Waals surface area (Å²) in [5.41, 5.74) is 7.67. The van der Waals surface area contributed by atoms with E-state index in [-0.39, 0.29) is 24.1 Å². The molecule has 2 aliphatic rings. The molecule has 0 aliphatic carbocycles. The number of likely N-dealkylation sites (tertiary alicyclic amines) is 1. The number of rotatable bonds is 2. The molecule has 3 heterocycles. The van der Waals surface area contributed by atoms with E-state index in [1.807, 2.05) is 39.8 Å². The first kappa shape index (κ1) is 23.1. The number of para-hydroxylation sites is 1. The molecule has 2 N–H and O–H groups in total. The monoisotopic (exact) mass is 472 g/mol. The number of nitrogens with two attached hydrogens (primary N) is 1. The Kier molecular flexibility index (Phi) is 6.09. The molecule has 0 saturated carbocycles. The zero-order chi connectivity index (χ0) is 23.9. The van der Waals surface area contributed by atoms with E-state index >= 15 is 0 Å². The van der Waals surface area contributed by atoms with Crippen LogP contribution < -0.4 is 15.5 Å². The molecule has 10 heteroatoms. The van der Waals surface area contributed by atoms with Crippen LogP contribution in [0.1, 0.15) is 44.7 Å². The fraction of sp³-hybridized carbons (Fsp3) is 0.478. The SMILES string of the molecule is Cc1cccc(Cl)c1N1Cc2cnc(N)nc2N(C2CCN(C(=O)OC(C)(C)C)CC2)C1=O. The van der Waals surface area contributed by atoms with E-state index in [0.717, 1.165) is 11.1 Å². The Labute approximate surface area is 198 Å². The summed E-state index contributed by atoms with van der Waals surface area (Å²) >= 11 is 6.50. The van der Waals surface area contributed by atoms with Gasteiger partial charge in [-0.25, -0.2) is 14.6 Å². The highest BCUT2D eigenvalue weighted by atomic mass is 35.5. The van der Waals surface area contributed by atoms with Gasteiger partial charge in [0.05, 0.1) is 17.3 Å². The minimum absolute atomic E-state index is 0.111. The van der Waals surface area contributed by atoms with Gasteiger partial charge in [-0.3, -0.25) is 9.80 Å². The van der Waals surface area contributed by atoms with Crippen LogP contribution in [0.15, 0.2) is 24.4 Å². The van der Waals surface area contributed by atoms with E-state index in [2.05, 4.69) is 9.97 Å². The topological polar surface area (TPSA) is 105 Å². The van der Waals surface area contributed by atoms with Crippen molar-refractivity contribution in [3.63, 3.8) is 0 Å². The average Bonchev–Trinajstić information content (AvgIpc) is 2.73. The molecule has 1 saturated heterocycles. The number of urea groups is 1. The number of amides is 3. The predicted molar refractivity (Wildman–Crippen MR) is 128 cm³/mol. The van der Waals surface area contributed by atoms with Gasteiger partial charge in [0, 0.05) is 30.9 Å². The number of anilines is 3. The van der Waals surface area contributed by atoms with E-state index in [1.165, 1.54) is 0 Å². The molecule has 0 bridgehead atoms. The lowest BCUT2D eigenvalue weighted by atomic mass is 10.0. The normalized spacial score (nSPS) is 17.2. The number of nitrogens with zero attached hydrogens (tertiary/aromatic N) is 5. The number of piperidine rings is 1. The molecule has 3 amide bonds. The third-order valence-electron chi connectivity index (χ3n) is 5.79. The Morgan fingerprint density at radius 1 is 1.24 bits per heavy atom. The largest absolute Gasteiger partial charge is 0.444 e. The van der Waals surface area contributed by atoms with Crippen LogP contribution in [0.2, 0.25) is 5.02 Å². The lowest BCUT2D eigenvalue weighted by molar-refractivity contribution is 0.0206. The first-order chi connectivity index (χ1) is 15.5. The highest BCUT2D eigenvalue weighted by Gasteiger charge is 2.40. The lowest BCUT2D eigenvalue weighted by Crippen LogP contribution is -2.56. The van der Waals surface area contributed by atoms with Gasteiger partial charge in [-0.15, -0.1) is 0 Å². The zero-order valence-electron chi connectivity index (χ0n) is 19.3. The van der Waals surface area contributed by atoms with Crippen LogP contribution in [0.25, 0.3) is 0 Å². The van der Waals surface area contributed by atoms with Gasteiger partial charge in [0.1, 0.15) is 11.4 Å². The fourth-order valence-corrected chi connectivity index (χ4v) is 4.62. The predicted octanol–water partition coefficient (Wildman–Crippen LogP) is 4.37. The number of nitrogen functional groups attached to an aromatic ring is 1. The average molecular weight is 473 g/mol. The number of carbonyl (C=O) groups is 2. The van der Waals surface area contributed by atoms with Crippen molar-refractivity contribution < 1.29 is 14.3 Å². The Morgan fingerprint density at radius 2 is 1.94 bits per heavy atom. The summed E-state index contributed by atoms with van der Waals surface area (Å²) in [6, 6.07) is 5.18. The van der Waals surface area contributed by atoms with Gasteiger partial charge in [0.2, 0.25) is 5.95 Å². The number of aromatic nitrogens is 2. The van der Waals surface area contributed by atoms with E-state index < -0.39 is 5.60 Å². The first-order valence-electron chi connectivity index (χ1n) is 11.0. The second-order valence-electron chi connectivity index (χ2n) is 9.42. The van der Waals surface area contributed by atoms with Gasteiger partial charge < -0.3 is 15.4 Å². The second kappa shape index (κ2) is 8.70. The molecule has 4 rings (SSSR count). The highest BCUT2D eigenvalue weighted by Crippen LogP contribution is 2.38. The Hall–Kier alpha value is -3.07. The molecule has 0 unspecified atom stereocenters. The summed E-state index contributed by atoms with van der Waals surface area (Å²) in [5, 5.41) is 0.503. The summed E-state index contributed by atoms with van der Waals surface area (Å²) in [7, 11) is 0. The van der Waals surface area contributed by atoms with E-state index in [9.17, 15) is 9.59 Å². The summed E-state index contributed by atoms with van der Waals surface area (Å²) in [6.07, 6.45) is 2.49. The number of ether oxygens (including phenoxy) is 1. The van der Waals surface area contributed by atoms with Crippen LogP contribution in [0.5, 0.6) is 0 Å². The molecule has 1 aromatic heterocycles. The molecule has 0 spiro atoms. The third-order valence-corrected chi connectivity index (χ3v) is 6.10. The van der Waals surface area contributed by atoms with Crippen molar-refractivity contribution >= 4 is 41.2 Å². The van der Waals surface area contributed by atoms with Crippen molar-refractivity contribution in [2.45, 2.75) is 58.7 Å². The minimum Gasteiger partial charge on any atom is -0.444 e. The molecule has 0 radical (unpaired) electrons. The maximum absolute atomic E-state index is 13.8. The Morgan fingerprint density at radius 3 is 2.58 bits per heavy atom. The molecule has 33 heavy (non-hydrogen) atoms. The minimum atomic E-state index is -0.558. The number of benzene rings is 1. The molecule has 176 valence electrons. The standard InChI is InChI=1S/C23H29ClN6O3/c1-14-6-5-7-17(24)18(14)29-13-15-12-26-20(25)27-19(15)30(21(29)31)16-8-10-28(11-9-16)22(32)33-23(2,3)4/h5-7,12,16H,8-11,13H2,1-4H3,(H2,25,26,27). The molecule has 1 aromatic carbocycles. The highest BCUT2D eigenvalue weighted by molar-refractivity contribution is 6.34. The lowest BCUT2D eigenvalue weighted by Gasteiger charge is -2.43. The van der Waals surface area contributed by atoms with Gasteiger partial charge in [0.25, 0.3) is 0 Å². The van der Waals surface area contributed by atoms with Gasteiger partial charge >= 0.3 is 12.1 Å². The van der Waals surface area contributed by atoms with Gasteiger partial charge in [-0.2, -0.15) is 4.98 Å². The van der Waals surface area contributed by atoms with Crippen LogP contribution in [-0.4, -0.2) is 51.7 Å². The smallest absolute Gasteiger partial charge is 0.410 e. The number of fused-ring (bicyclic) bond motifs is 1. The number of aryl methyl sites for hydroxylation is 1. The summed E-state index contributed by atoms with van der Waals surface area (Å²) < 4.78 is 5.50. The van der Waals surface area contributed by atoms with Crippen LogP contribution >= 0.6 is 11.6 Å². The molecule has 2 aromatic rings. The fourth-order valence-electron chi connectivity index (χ4n) is 4.29. The van der Waals surface area contributed by atoms with Crippen LogP contribution in [0.3, 0.4) is 0 Å². The molecule has 2 aliphatic heterocycles. The number of carbonyl (C=O) groups excluding carboxylic acids is 2. The third kappa shape index (κ3) is 4.68. The number of hydrogen-bond acceptors (Lipinski definition) is 6. The summed E-state index contributed by atoms with van der Waals surface area (Å²) in [6.45, 7) is 8.71. The molecular weight excluding hydrogens is 444 g/mol. The van der Waals surface area contributed by atoms with Gasteiger partial charge in [-0.05, 0) is 52.2 Å².